The number of hydrogen-bond acceptors (Lipinski definition) is 3. The van der Waals surface area contributed by atoms with E-state index in [-0.39, 0.29) is 5.91 Å². The van der Waals surface area contributed by atoms with Crippen LogP contribution in [0.3, 0.4) is 0 Å². The van der Waals surface area contributed by atoms with Crippen molar-refractivity contribution in [1.29, 1.82) is 0 Å². The first-order chi connectivity index (χ1) is 11.2. The Bertz CT molecular complexity index is 651. The van der Waals surface area contributed by atoms with Gasteiger partial charge in [-0.25, -0.2) is 0 Å². The van der Waals surface area contributed by atoms with Gasteiger partial charge in [0.25, 0.3) is 0 Å². The highest BCUT2D eigenvalue weighted by atomic mass is 16.5. The maximum absolute atomic E-state index is 11.0. The lowest BCUT2D eigenvalue weighted by Gasteiger charge is -2.39. The highest BCUT2D eigenvalue weighted by molar-refractivity contribution is 5.73. The van der Waals surface area contributed by atoms with Crippen molar-refractivity contribution in [2.75, 3.05) is 13.1 Å². The summed E-state index contributed by atoms with van der Waals surface area (Å²) in [7, 11) is 0. The third-order valence-corrected chi connectivity index (χ3v) is 3.91. The topological polar surface area (TPSA) is 41.6 Å². The molecule has 4 nitrogen and oxygen atoms in total. The van der Waals surface area contributed by atoms with E-state index in [2.05, 4.69) is 34.5 Å². The number of nitrogens with zero attached hydrogens (tertiary/aromatic N) is 1. The SMILES string of the molecule is CC(=O)NC1CN(Cc2cccc(COc3ccccc3)c2)C1. The van der Waals surface area contributed by atoms with E-state index in [1.807, 2.05) is 30.3 Å². The summed E-state index contributed by atoms with van der Waals surface area (Å²) in [5.74, 6) is 0.938. The van der Waals surface area contributed by atoms with Gasteiger partial charge in [-0.1, -0.05) is 42.5 Å². The van der Waals surface area contributed by atoms with Crippen LogP contribution in [0.4, 0.5) is 0 Å². The minimum atomic E-state index is 0.0507. The van der Waals surface area contributed by atoms with Gasteiger partial charge in [0, 0.05) is 26.6 Å². The number of carbonyl (C=O) groups is 1. The van der Waals surface area contributed by atoms with Crippen LogP contribution in [0.15, 0.2) is 54.6 Å². The number of carbonyl (C=O) groups excluding carboxylic acids is 1. The van der Waals surface area contributed by atoms with Crippen LogP contribution in [-0.2, 0) is 17.9 Å². The first-order valence-electron chi connectivity index (χ1n) is 7.94. The zero-order chi connectivity index (χ0) is 16.1. The second kappa shape index (κ2) is 7.29. The highest BCUT2D eigenvalue weighted by Gasteiger charge is 2.26. The van der Waals surface area contributed by atoms with E-state index in [1.54, 1.807) is 6.92 Å². The van der Waals surface area contributed by atoms with Gasteiger partial charge in [-0.3, -0.25) is 9.69 Å². The van der Waals surface area contributed by atoms with Crippen LogP contribution in [0.2, 0.25) is 0 Å². The Kier molecular flexibility index (Phi) is 4.93. The molecule has 0 aliphatic carbocycles. The summed E-state index contributed by atoms with van der Waals surface area (Å²) < 4.78 is 5.79. The van der Waals surface area contributed by atoms with Gasteiger partial charge >= 0.3 is 0 Å². The lowest BCUT2D eigenvalue weighted by Crippen LogP contribution is -2.58. The number of para-hydroxylation sites is 1. The Morgan fingerprint density at radius 2 is 1.87 bits per heavy atom. The molecule has 4 heteroatoms. The third kappa shape index (κ3) is 4.57. The molecule has 1 N–H and O–H groups in total. The van der Waals surface area contributed by atoms with Crippen molar-refractivity contribution in [3.05, 3.63) is 65.7 Å². The molecule has 0 unspecified atom stereocenters. The van der Waals surface area contributed by atoms with Crippen LogP contribution in [0.1, 0.15) is 18.1 Å². The number of hydrogen-bond donors (Lipinski definition) is 1. The van der Waals surface area contributed by atoms with Gasteiger partial charge < -0.3 is 10.1 Å². The predicted octanol–water partition coefficient (Wildman–Crippen LogP) is 2.59. The number of amides is 1. The number of likely N-dealkylation sites (tertiary alicyclic amines) is 1. The average molecular weight is 310 g/mol. The molecule has 0 saturated carbocycles. The molecule has 1 heterocycles. The molecule has 0 bridgehead atoms. The van der Waals surface area contributed by atoms with Crippen LogP contribution in [0, 0.1) is 0 Å². The lowest BCUT2D eigenvalue weighted by atomic mass is 10.1. The Morgan fingerprint density at radius 1 is 1.13 bits per heavy atom. The summed E-state index contributed by atoms with van der Waals surface area (Å²) in [6.07, 6.45) is 0. The summed E-state index contributed by atoms with van der Waals surface area (Å²) >= 11 is 0. The Labute approximate surface area is 137 Å². The molecular formula is C19H22N2O2. The minimum Gasteiger partial charge on any atom is -0.489 e. The van der Waals surface area contributed by atoms with Crippen molar-refractivity contribution in [2.45, 2.75) is 26.1 Å². The van der Waals surface area contributed by atoms with Crippen LogP contribution in [0.5, 0.6) is 5.75 Å². The maximum atomic E-state index is 11.0. The fourth-order valence-electron chi connectivity index (χ4n) is 2.84. The van der Waals surface area contributed by atoms with E-state index in [1.165, 1.54) is 11.1 Å². The van der Waals surface area contributed by atoms with Gasteiger partial charge in [-0.2, -0.15) is 0 Å². The molecule has 0 radical (unpaired) electrons. The quantitative estimate of drug-likeness (QED) is 0.891. The molecule has 1 saturated heterocycles. The van der Waals surface area contributed by atoms with Crippen LogP contribution >= 0.6 is 0 Å². The first-order valence-corrected chi connectivity index (χ1v) is 7.94. The fraction of sp³-hybridized carbons (Fsp3) is 0.316. The summed E-state index contributed by atoms with van der Waals surface area (Å²) in [5.41, 5.74) is 2.45. The van der Waals surface area contributed by atoms with Crippen LogP contribution in [-0.4, -0.2) is 29.9 Å². The van der Waals surface area contributed by atoms with E-state index in [0.29, 0.717) is 12.6 Å². The molecule has 120 valence electrons. The number of rotatable bonds is 6. The average Bonchev–Trinajstić information content (AvgIpc) is 2.52. The van der Waals surface area contributed by atoms with E-state index in [9.17, 15) is 4.79 Å². The molecule has 2 aromatic rings. The molecule has 1 aliphatic heterocycles. The lowest BCUT2D eigenvalue weighted by molar-refractivity contribution is -0.120. The van der Waals surface area contributed by atoms with E-state index in [0.717, 1.165) is 25.4 Å². The van der Waals surface area contributed by atoms with Crippen LogP contribution < -0.4 is 10.1 Å². The number of nitrogens with one attached hydrogen (secondary N) is 1. The van der Waals surface area contributed by atoms with Crippen molar-refractivity contribution in [3.8, 4) is 5.75 Å². The summed E-state index contributed by atoms with van der Waals surface area (Å²) in [6, 6.07) is 18.6. The van der Waals surface area contributed by atoms with E-state index < -0.39 is 0 Å². The van der Waals surface area contributed by atoms with Crippen molar-refractivity contribution in [2.24, 2.45) is 0 Å². The number of ether oxygens (including phenoxy) is 1. The summed E-state index contributed by atoms with van der Waals surface area (Å²) in [5, 5.41) is 2.94. The Hall–Kier alpha value is -2.33. The van der Waals surface area contributed by atoms with Gasteiger partial charge in [0.05, 0.1) is 6.04 Å². The molecule has 1 fully saturated rings. The van der Waals surface area contributed by atoms with Gasteiger partial charge in [-0.05, 0) is 23.3 Å². The fourth-order valence-corrected chi connectivity index (χ4v) is 2.84. The molecule has 2 aromatic carbocycles. The number of benzene rings is 2. The molecule has 0 atom stereocenters. The van der Waals surface area contributed by atoms with E-state index >= 15 is 0 Å². The van der Waals surface area contributed by atoms with Gasteiger partial charge in [0.1, 0.15) is 12.4 Å². The molecular weight excluding hydrogens is 288 g/mol. The zero-order valence-electron chi connectivity index (χ0n) is 13.4. The molecule has 0 aromatic heterocycles. The van der Waals surface area contributed by atoms with Crippen molar-refractivity contribution >= 4 is 5.91 Å². The van der Waals surface area contributed by atoms with Crippen LogP contribution in [0.25, 0.3) is 0 Å². The monoisotopic (exact) mass is 310 g/mol. The van der Waals surface area contributed by atoms with Crippen molar-refractivity contribution < 1.29 is 9.53 Å². The molecule has 0 spiro atoms. The van der Waals surface area contributed by atoms with E-state index in [4.69, 9.17) is 4.74 Å². The molecule has 1 aliphatic rings. The summed E-state index contributed by atoms with van der Waals surface area (Å²) in [4.78, 5) is 13.3. The molecule has 23 heavy (non-hydrogen) atoms. The molecule has 1 amide bonds. The standard InChI is InChI=1S/C19H22N2O2/c1-15(22)20-18-12-21(13-18)11-16-6-5-7-17(10-16)14-23-19-8-3-2-4-9-19/h2-10,18H,11-14H2,1H3,(H,20,22). The highest BCUT2D eigenvalue weighted by Crippen LogP contribution is 2.16. The first kappa shape index (κ1) is 15.6. The van der Waals surface area contributed by atoms with Gasteiger partial charge in [-0.15, -0.1) is 0 Å². The second-order valence-corrected chi connectivity index (χ2v) is 6.01. The van der Waals surface area contributed by atoms with Crippen molar-refractivity contribution in [3.63, 3.8) is 0 Å². The zero-order valence-corrected chi connectivity index (χ0v) is 13.4. The van der Waals surface area contributed by atoms with Gasteiger partial charge in [0.2, 0.25) is 5.91 Å². The smallest absolute Gasteiger partial charge is 0.217 e. The predicted molar refractivity (Wildman–Crippen MR) is 90.1 cm³/mol. The largest absolute Gasteiger partial charge is 0.489 e. The van der Waals surface area contributed by atoms with Crippen molar-refractivity contribution in [1.82, 2.24) is 10.2 Å². The van der Waals surface area contributed by atoms with Gasteiger partial charge in [0.15, 0.2) is 0 Å². The minimum absolute atomic E-state index is 0.0507. The molecule has 3 rings (SSSR count). The Morgan fingerprint density at radius 3 is 2.61 bits per heavy atom. The Balaban J connectivity index is 1.49. The maximum Gasteiger partial charge on any atom is 0.217 e. The normalized spacial score (nSPS) is 15.0. The second-order valence-electron chi connectivity index (χ2n) is 6.01. The summed E-state index contributed by atoms with van der Waals surface area (Å²) in [6.45, 7) is 4.90. The third-order valence-electron chi connectivity index (χ3n) is 3.91.